The van der Waals surface area contributed by atoms with Crippen LogP contribution in [0.25, 0.3) is 0 Å². The SMILES string of the molecule is CC(C)CNC(=O)CCNC(=O)COc1ccc(N)cc1. The smallest absolute Gasteiger partial charge is 0.257 e. The molecule has 1 aromatic carbocycles. The highest BCUT2D eigenvalue weighted by molar-refractivity contribution is 5.79. The van der Waals surface area contributed by atoms with Crippen molar-refractivity contribution in [2.75, 3.05) is 25.4 Å². The van der Waals surface area contributed by atoms with Gasteiger partial charge in [0.2, 0.25) is 5.91 Å². The zero-order valence-corrected chi connectivity index (χ0v) is 12.5. The lowest BCUT2D eigenvalue weighted by molar-refractivity contribution is -0.123. The normalized spacial score (nSPS) is 10.2. The Kier molecular flexibility index (Phi) is 7.08. The maximum Gasteiger partial charge on any atom is 0.257 e. The summed E-state index contributed by atoms with van der Waals surface area (Å²) >= 11 is 0. The van der Waals surface area contributed by atoms with Crippen LogP contribution >= 0.6 is 0 Å². The first-order valence-electron chi connectivity index (χ1n) is 6.99. The van der Waals surface area contributed by atoms with Gasteiger partial charge in [0.15, 0.2) is 6.61 Å². The number of hydrogen-bond acceptors (Lipinski definition) is 4. The third-order valence-corrected chi connectivity index (χ3v) is 2.63. The standard InChI is InChI=1S/C15H23N3O3/c1-11(2)9-18-14(19)7-8-17-15(20)10-21-13-5-3-12(16)4-6-13/h3-6,11H,7-10,16H2,1-2H3,(H,17,20)(H,18,19). The maximum absolute atomic E-state index is 11.5. The van der Waals surface area contributed by atoms with E-state index in [1.54, 1.807) is 24.3 Å². The fourth-order valence-electron chi connectivity index (χ4n) is 1.49. The van der Waals surface area contributed by atoms with Gasteiger partial charge in [-0.1, -0.05) is 13.8 Å². The maximum atomic E-state index is 11.5. The summed E-state index contributed by atoms with van der Waals surface area (Å²) < 4.78 is 5.29. The van der Waals surface area contributed by atoms with Crippen molar-refractivity contribution in [1.82, 2.24) is 10.6 Å². The number of ether oxygens (including phenoxy) is 1. The highest BCUT2D eigenvalue weighted by Gasteiger charge is 2.05. The number of amides is 2. The third kappa shape index (κ3) is 7.81. The number of anilines is 1. The van der Waals surface area contributed by atoms with E-state index in [-0.39, 0.29) is 24.8 Å². The lowest BCUT2D eigenvalue weighted by atomic mass is 10.2. The molecule has 0 radical (unpaired) electrons. The molecule has 0 aromatic heterocycles. The Bertz CT molecular complexity index is 458. The fraction of sp³-hybridized carbons (Fsp3) is 0.467. The summed E-state index contributed by atoms with van der Waals surface area (Å²) in [5.74, 6) is 0.665. The molecule has 6 nitrogen and oxygen atoms in total. The number of nitrogen functional groups attached to an aromatic ring is 1. The van der Waals surface area contributed by atoms with Crippen LogP contribution in [0.4, 0.5) is 5.69 Å². The summed E-state index contributed by atoms with van der Waals surface area (Å²) in [6.07, 6.45) is 0.264. The van der Waals surface area contributed by atoms with Crippen molar-refractivity contribution < 1.29 is 14.3 Å². The van der Waals surface area contributed by atoms with E-state index in [1.165, 1.54) is 0 Å². The van der Waals surface area contributed by atoms with Gasteiger partial charge < -0.3 is 21.1 Å². The van der Waals surface area contributed by atoms with Crippen molar-refractivity contribution in [2.24, 2.45) is 5.92 Å². The summed E-state index contributed by atoms with van der Waals surface area (Å²) in [6.45, 7) is 4.91. The molecule has 2 amide bonds. The second kappa shape index (κ2) is 8.84. The molecule has 0 bridgehead atoms. The number of benzene rings is 1. The number of carbonyl (C=O) groups excluding carboxylic acids is 2. The largest absolute Gasteiger partial charge is 0.484 e. The molecule has 0 atom stereocenters. The number of rotatable bonds is 8. The number of hydrogen-bond donors (Lipinski definition) is 3. The highest BCUT2D eigenvalue weighted by Crippen LogP contribution is 2.12. The average Bonchev–Trinajstić information content (AvgIpc) is 2.44. The molecule has 1 rings (SSSR count). The molecule has 0 saturated heterocycles. The molecule has 4 N–H and O–H groups in total. The minimum absolute atomic E-state index is 0.0662. The molecule has 21 heavy (non-hydrogen) atoms. The van der Waals surface area contributed by atoms with Gasteiger partial charge in [-0.2, -0.15) is 0 Å². The minimum Gasteiger partial charge on any atom is -0.484 e. The van der Waals surface area contributed by atoms with Crippen LogP contribution < -0.4 is 21.1 Å². The summed E-state index contributed by atoms with van der Waals surface area (Å²) in [6, 6.07) is 6.79. The molecule has 0 aliphatic carbocycles. The Morgan fingerprint density at radius 2 is 1.81 bits per heavy atom. The predicted octanol–water partition coefficient (Wildman–Crippen LogP) is 0.926. The Morgan fingerprint density at radius 1 is 1.14 bits per heavy atom. The van der Waals surface area contributed by atoms with Gasteiger partial charge in [-0.05, 0) is 30.2 Å². The highest BCUT2D eigenvalue weighted by atomic mass is 16.5. The molecule has 0 fully saturated rings. The molecule has 6 heteroatoms. The van der Waals surface area contributed by atoms with Crippen LogP contribution in [0.5, 0.6) is 5.75 Å². The molecular formula is C15H23N3O3. The second-order valence-electron chi connectivity index (χ2n) is 5.16. The van der Waals surface area contributed by atoms with E-state index in [2.05, 4.69) is 10.6 Å². The van der Waals surface area contributed by atoms with Crippen molar-refractivity contribution in [3.63, 3.8) is 0 Å². The van der Waals surface area contributed by atoms with Crippen LogP contribution in [-0.4, -0.2) is 31.5 Å². The lowest BCUT2D eigenvalue weighted by Crippen LogP contribution is -2.34. The van der Waals surface area contributed by atoms with Crippen molar-refractivity contribution in [2.45, 2.75) is 20.3 Å². The van der Waals surface area contributed by atoms with Crippen molar-refractivity contribution >= 4 is 17.5 Å². The molecule has 1 aromatic rings. The van der Waals surface area contributed by atoms with E-state index in [4.69, 9.17) is 10.5 Å². The van der Waals surface area contributed by atoms with Gasteiger partial charge in [0, 0.05) is 25.2 Å². The van der Waals surface area contributed by atoms with Crippen LogP contribution in [0, 0.1) is 5.92 Å². The average molecular weight is 293 g/mol. The van der Waals surface area contributed by atoms with Gasteiger partial charge >= 0.3 is 0 Å². The van der Waals surface area contributed by atoms with Gasteiger partial charge in [0.05, 0.1) is 0 Å². The van der Waals surface area contributed by atoms with Gasteiger partial charge in [0.25, 0.3) is 5.91 Å². The molecule has 0 aliphatic heterocycles. The third-order valence-electron chi connectivity index (χ3n) is 2.63. The summed E-state index contributed by atoms with van der Waals surface area (Å²) in [7, 11) is 0. The zero-order chi connectivity index (χ0) is 15.7. The number of carbonyl (C=O) groups is 2. The van der Waals surface area contributed by atoms with Crippen LogP contribution in [0.1, 0.15) is 20.3 Å². The summed E-state index contributed by atoms with van der Waals surface area (Å²) in [5.41, 5.74) is 6.19. The van der Waals surface area contributed by atoms with Crippen LogP contribution in [-0.2, 0) is 9.59 Å². The lowest BCUT2D eigenvalue weighted by Gasteiger charge is -2.09. The van der Waals surface area contributed by atoms with E-state index in [9.17, 15) is 9.59 Å². The fourth-order valence-corrected chi connectivity index (χ4v) is 1.49. The zero-order valence-electron chi connectivity index (χ0n) is 12.5. The van der Waals surface area contributed by atoms with Crippen molar-refractivity contribution in [3.05, 3.63) is 24.3 Å². The minimum atomic E-state index is -0.261. The Labute approximate surface area is 125 Å². The predicted molar refractivity (Wildman–Crippen MR) is 81.8 cm³/mol. The van der Waals surface area contributed by atoms with E-state index < -0.39 is 0 Å². The van der Waals surface area contributed by atoms with Gasteiger partial charge in [0.1, 0.15) is 5.75 Å². The molecule has 0 heterocycles. The topological polar surface area (TPSA) is 93.5 Å². The van der Waals surface area contributed by atoms with Crippen molar-refractivity contribution in [3.8, 4) is 5.75 Å². The van der Waals surface area contributed by atoms with E-state index in [0.29, 0.717) is 30.4 Å². The number of nitrogens with two attached hydrogens (primary N) is 1. The molecule has 0 spiro atoms. The van der Waals surface area contributed by atoms with Gasteiger partial charge in [-0.3, -0.25) is 9.59 Å². The molecule has 0 unspecified atom stereocenters. The van der Waals surface area contributed by atoms with E-state index >= 15 is 0 Å². The first-order chi connectivity index (χ1) is 9.97. The van der Waals surface area contributed by atoms with Crippen molar-refractivity contribution in [1.29, 1.82) is 0 Å². The Hall–Kier alpha value is -2.24. The quantitative estimate of drug-likeness (QED) is 0.621. The Balaban J connectivity index is 2.14. The Morgan fingerprint density at radius 3 is 2.43 bits per heavy atom. The van der Waals surface area contributed by atoms with Crippen LogP contribution in [0.2, 0.25) is 0 Å². The first kappa shape index (κ1) is 16.8. The van der Waals surface area contributed by atoms with E-state index in [0.717, 1.165) is 0 Å². The van der Waals surface area contributed by atoms with Crippen LogP contribution in [0.3, 0.4) is 0 Å². The second-order valence-corrected chi connectivity index (χ2v) is 5.16. The number of nitrogens with one attached hydrogen (secondary N) is 2. The van der Waals surface area contributed by atoms with Gasteiger partial charge in [-0.15, -0.1) is 0 Å². The first-order valence-corrected chi connectivity index (χ1v) is 6.99. The van der Waals surface area contributed by atoms with E-state index in [1.807, 2.05) is 13.8 Å². The van der Waals surface area contributed by atoms with Crippen LogP contribution in [0.15, 0.2) is 24.3 Å². The van der Waals surface area contributed by atoms with Gasteiger partial charge in [-0.25, -0.2) is 0 Å². The molecular weight excluding hydrogens is 270 g/mol. The monoisotopic (exact) mass is 293 g/mol. The molecule has 116 valence electrons. The molecule has 0 saturated carbocycles. The summed E-state index contributed by atoms with van der Waals surface area (Å²) in [4.78, 5) is 23.0. The molecule has 0 aliphatic rings. The summed E-state index contributed by atoms with van der Waals surface area (Å²) in [5, 5.41) is 5.42.